The first-order chi connectivity index (χ1) is 9.13. The van der Waals surface area contributed by atoms with Gasteiger partial charge in [0.1, 0.15) is 11.8 Å². The second-order valence-electron chi connectivity index (χ2n) is 4.64. The number of carbonyl (C=O) groups is 1. The van der Waals surface area contributed by atoms with Gasteiger partial charge in [-0.1, -0.05) is 0 Å². The third-order valence-corrected chi connectivity index (χ3v) is 3.45. The predicted molar refractivity (Wildman–Crippen MR) is 73.7 cm³/mol. The van der Waals surface area contributed by atoms with E-state index in [1.54, 1.807) is 7.11 Å². The van der Waals surface area contributed by atoms with Crippen molar-refractivity contribution < 1.29 is 14.3 Å². The van der Waals surface area contributed by atoms with Crippen LogP contribution in [0.5, 0.6) is 5.75 Å². The van der Waals surface area contributed by atoms with Gasteiger partial charge in [-0.05, 0) is 37.1 Å². The molecule has 1 unspecified atom stereocenters. The van der Waals surface area contributed by atoms with Crippen LogP contribution in [0.2, 0.25) is 0 Å². The zero-order chi connectivity index (χ0) is 13.8. The van der Waals surface area contributed by atoms with E-state index < -0.39 is 0 Å². The Labute approximate surface area is 113 Å². The van der Waals surface area contributed by atoms with Gasteiger partial charge < -0.3 is 20.1 Å². The average molecular weight is 264 g/mol. The quantitative estimate of drug-likeness (QED) is 0.862. The number of amides is 1. The molecule has 1 aliphatic rings. The van der Waals surface area contributed by atoms with Crippen LogP contribution in [0.25, 0.3) is 0 Å². The van der Waals surface area contributed by atoms with Crippen LogP contribution in [0.1, 0.15) is 11.1 Å². The molecule has 104 valence electrons. The lowest BCUT2D eigenvalue weighted by molar-refractivity contribution is -0.120. The molecule has 0 spiro atoms. The molecule has 2 rings (SSSR count). The van der Waals surface area contributed by atoms with E-state index in [0.29, 0.717) is 19.8 Å². The highest BCUT2D eigenvalue weighted by Crippen LogP contribution is 2.27. The molecule has 1 fully saturated rings. The van der Waals surface area contributed by atoms with Crippen molar-refractivity contribution in [3.63, 3.8) is 0 Å². The van der Waals surface area contributed by atoms with E-state index in [4.69, 9.17) is 9.47 Å². The molecule has 0 radical (unpaired) electrons. The van der Waals surface area contributed by atoms with Gasteiger partial charge in [0, 0.05) is 12.2 Å². The van der Waals surface area contributed by atoms with Crippen molar-refractivity contribution in [1.29, 1.82) is 0 Å². The van der Waals surface area contributed by atoms with Gasteiger partial charge in [-0.15, -0.1) is 0 Å². The Balaban J connectivity index is 2.10. The fourth-order valence-electron chi connectivity index (χ4n) is 2.11. The van der Waals surface area contributed by atoms with E-state index in [2.05, 4.69) is 10.6 Å². The number of benzene rings is 1. The smallest absolute Gasteiger partial charge is 0.243 e. The molecule has 1 aromatic rings. The summed E-state index contributed by atoms with van der Waals surface area (Å²) in [6.07, 6.45) is 0. The van der Waals surface area contributed by atoms with Crippen molar-refractivity contribution >= 4 is 11.6 Å². The first kappa shape index (κ1) is 13.8. The van der Waals surface area contributed by atoms with Gasteiger partial charge in [-0.3, -0.25) is 4.79 Å². The van der Waals surface area contributed by atoms with Crippen molar-refractivity contribution in [3.8, 4) is 5.75 Å². The van der Waals surface area contributed by atoms with Crippen LogP contribution < -0.4 is 15.4 Å². The number of ether oxygens (including phenoxy) is 2. The molecule has 5 nitrogen and oxygen atoms in total. The van der Waals surface area contributed by atoms with Gasteiger partial charge in [0.15, 0.2) is 0 Å². The largest absolute Gasteiger partial charge is 0.496 e. The maximum atomic E-state index is 12.1. The molecule has 1 atom stereocenters. The molecule has 0 saturated carbocycles. The van der Waals surface area contributed by atoms with E-state index >= 15 is 0 Å². The molecule has 0 bridgehead atoms. The Kier molecular flexibility index (Phi) is 4.39. The van der Waals surface area contributed by atoms with Gasteiger partial charge in [0.25, 0.3) is 0 Å². The highest BCUT2D eigenvalue weighted by Gasteiger charge is 2.21. The lowest BCUT2D eigenvalue weighted by Crippen LogP contribution is -2.48. The minimum absolute atomic E-state index is 0.0626. The van der Waals surface area contributed by atoms with Gasteiger partial charge in [0.05, 0.1) is 20.3 Å². The van der Waals surface area contributed by atoms with Crippen LogP contribution in [-0.4, -0.2) is 38.8 Å². The summed E-state index contributed by atoms with van der Waals surface area (Å²) < 4.78 is 10.5. The number of carbonyl (C=O) groups excluding carboxylic acids is 1. The zero-order valence-electron chi connectivity index (χ0n) is 11.6. The van der Waals surface area contributed by atoms with E-state index in [1.165, 1.54) is 0 Å². The number of methoxy groups -OCH3 is 1. The number of rotatable bonds is 3. The van der Waals surface area contributed by atoms with Crippen LogP contribution in [0.3, 0.4) is 0 Å². The standard InChI is InChI=1S/C14H20N2O3/c1-9-10(2)13(18-3)5-4-11(9)16-14(17)12-8-19-7-6-15-12/h4-5,12,15H,6-8H2,1-3H3,(H,16,17). The van der Waals surface area contributed by atoms with Gasteiger partial charge in [-0.25, -0.2) is 0 Å². The SMILES string of the molecule is COc1ccc(NC(=O)C2COCCN2)c(C)c1C. The number of morpholine rings is 1. The van der Waals surface area contributed by atoms with Gasteiger partial charge in [0.2, 0.25) is 5.91 Å². The Hall–Kier alpha value is -1.59. The van der Waals surface area contributed by atoms with Crippen LogP contribution in [-0.2, 0) is 9.53 Å². The topological polar surface area (TPSA) is 59.6 Å². The lowest BCUT2D eigenvalue weighted by Gasteiger charge is -2.23. The van der Waals surface area contributed by atoms with Crippen molar-refractivity contribution in [3.05, 3.63) is 23.3 Å². The summed E-state index contributed by atoms with van der Waals surface area (Å²) in [4.78, 5) is 12.1. The Morgan fingerprint density at radius 1 is 1.42 bits per heavy atom. The summed E-state index contributed by atoms with van der Waals surface area (Å²) in [6.45, 7) is 5.73. The van der Waals surface area contributed by atoms with Gasteiger partial charge in [-0.2, -0.15) is 0 Å². The maximum Gasteiger partial charge on any atom is 0.243 e. The fraction of sp³-hybridized carbons (Fsp3) is 0.500. The minimum atomic E-state index is -0.282. The summed E-state index contributed by atoms with van der Waals surface area (Å²) in [5.41, 5.74) is 2.87. The summed E-state index contributed by atoms with van der Waals surface area (Å²) in [6, 6.07) is 3.45. The second kappa shape index (κ2) is 6.04. The Morgan fingerprint density at radius 2 is 2.21 bits per heavy atom. The summed E-state index contributed by atoms with van der Waals surface area (Å²) >= 11 is 0. The summed E-state index contributed by atoms with van der Waals surface area (Å²) in [5.74, 6) is 0.766. The molecule has 5 heteroatoms. The van der Waals surface area contributed by atoms with E-state index in [-0.39, 0.29) is 11.9 Å². The highest BCUT2D eigenvalue weighted by atomic mass is 16.5. The molecule has 1 aromatic carbocycles. The molecule has 1 saturated heterocycles. The third kappa shape index (κ3) is 3.05. The van der Waals surface area contributed by atoms with Crippen LogP contribution in [0.15, 0.2) is 12.1 Å². The first-order valence-corrected chi connectivity index (χ1v) is 6.39. The van der Waals surface area contributed by atoms with Gasteiger partial charge >= 0.3 is 0 Å². The lowest BCUT2D eigenvalue weighted by atomic mass is 10.1. The Morgan fingerprint density at radius 3 is 2.84 bits per heavy atom. The predicted octanol–water partition coefficient (Wildman–Crippen LogP) is 1.24. The van der Waals surface area contributed by atoms with E-state index in [0.717, 1.165) is 22.6 Å². The molecule has 2 N–H and O–H groups in total. The second-order valence-corrected chi connectivity index (χ2v) is 4.64. The van der Waals surface area contributed by atoms with Crippen LogP contribution >= 0.6 is 0 Å². The monoisotopic (exact) mass is 264 g/mol. The molecular weight excluding hydrogens is 244 g/mol. The average Bonchev–Trinajstić information content (AvgIpc) is 2.45. The van der Waals surface area contributed by atoms with Crippen LogP contribution in [0.4, 0.5) is 5.69 Å². The third-order valence-electron chi connectivity index (χ3n) is 3.45. The minimum Gasteiger partial charge on any atom is -0.496 e. The zero-order valence-corrected chi connectivity index (χ0v) is 11.6. The van der Waals surface area contributed by atoms with Crippen molar-refractivity contribution in [2.45, 2.75) is 19.9 Å². The number of hydrogen-bond acceptors (Lipinski definition) is 4. The number of hydrogen-bond donors (Lipinski definition) is 2. The fourth-order valence-corrected chi connectivity index (χ4v) is 2.11. The number of anilines is 1. The first-order valence-electron chi connectivity index (χ1n) is 6.39. The molecule has 19 heavy (non-hydrogen) atoms. The molecule has 1 amide bonds. The Bertz CT molecular complexity index is 468. The van der Waals surface area contributed by atoms with E-state index in [9.17, 15) is 4.79 Å². The maximum absolute atomic E-state index is 12.1. The van der Waals surface area contributed by atoms with Crippen LogP contribution in [0, 0.1) is 13.8 Å². The summed E-state index contributed by atoms with van der Waals surface area (Å²) in [5, 5.41) is 6.07. The molecule has 0 aliphatic carbocycles. The van der Waals surface area contributed by atoms with Crippen molar-refractivity contribution in [1.82, 2.24) is 5.32 Å². The van der Waals surface area contributed by atoms with Crippen molar-refractivity contribution in [2.24, 2.45) is 0 Å². The molecule has 0 aromatic heterocycles. The molecule has 1 aliphatic heterocycles. The van der Waals surface area contributed by atoms with Crippen molar-refractivity contribution in [2.75, 3.05) is 32.2 Å². The van der Waals surface area contributed by atoms with E-state index in [1.807, 2.05) is 26.0 Å². The molecule has 1 heterocycles. The number of nitrogens with one attached hydrogen (secondary N) is 2. The normalized spacial score (nSPS) is 19.0. The summed E-state index contributed by atoms with van der Waals surface area (Å²) in [7, 11) is 1.64. The highest BCUT2D eigenvalue weighted by molar-refractivity contribution is 5.95. The molecular formula is C14H20N2O3.